The number of fused-ring (bicyclic) bond motifs is 1. The van der Waals surface area contributed by atoms with E-state index in [-0.39, 0.29) is 29.9 Å². The lowest BCUT2D eigenvalue weighted by Crippen LogP contribution is -2.38. The van der Waals surface area contributed by atoms with Crippen molar-refractivity contribution in [3.63, 3.8) is 0 Å². The van der Waals surface area contributed by atoms with Crippen LogP contribution in [-0.4, -0.2) is 29.9 Å². The van der Waals surface area contributed by atoms with Gasteiger partial charge in [0.2, 0.25) is 5.91 Å². The quantitative estimate of drug-likeness (QED) is 0.248. The zero-order chi connectivity index (χ0) is 20.6. The van der Waals surface area contributed by atoms with Crippen LogP contribution in [0.25, 0.3) is 0 Å². The Kier molecular flexibility index (Phi) is 9.62. The summed E-state index contributed by atoms with van der Waals surface area (Å²) in [5.41, 5.74) is 6.31. The summed E-state index contributed by atoms with van der Waals surface area (Å²) in [7, 11) is 0. The van der Waals surface area contributed by atoms with Crippen molar-refractivity contribution in [1.29, 1.82) is 0 Å². The molecule has 6 heteroatoms. The maximum atomic E-state index is 12.5. The van der Waals surface area contributed by atoms with Gasteiger partial charge < -0.3 is 15.5 Å². The molecule has 0 radical (unpaired) electrons. The molecule has 5 nitrogen and oxygen atoms in total. The van der Waals surface area contributed by atoms with Crippen LogP contribution in [0.5, 0.6) is 0 Å². The zero-order valence-electron chi connectivity index (χ0n) is 18.2. The Bertz CT molecular complexity index is 856. The van der Waals surface area contributed by atoms with Crippen molar-refractivity contribution in [2.45, 2.75) is 53.2 Å². The second kappa shape index (κ2) is 11.9. The molecule has 2 N–H and O–H groups in total. The molecule has 0 aliphatic carbocycles. The molecule has 30 heavy (non-hydrogen) atoms. The summed E-state index contributed by atoms with van der Waals surface area (Å²) in [4.78, 5) is 19.2. The number of guanidine groups is 1. The normalized spacial score (nSPS) is 12.9. The Balaban J connectivity index is 0.00000320. The van der Waals surface area contributed by atoms with Gasteiger partial charge in [0.05, 0.1) is 6.54 Å². The predicted molar refractivity (Wildman–Crippen MR) is 134 cm³/mol. The van der Waals surface area contributed by atoms with Gasteiger partial charge in [-0.3, -0.25) is 4.79 Å². The highest BCUT2D eigenvalue weighted by atomic mass is 127. The van der Waals surface area contributed by atoms with Crippen LogP contribution >= 0.6 is 24.0 Å². The van der Waals surface area contributed by atoms with Gasteiger partial charge in [-0.1, -0.05) is 48.0 Å². The maximum Gasteiger partial charge on any atom is 0.223 e. The number of benzene rings is 2. The molecule has 0 spiro atoms. The van der Waals surface area contributed by atoms with E-state index in [1.165, 1.54) is 27.8 Å². The van der Waals surface area contributed by atoms with E-state index in [1.54, 1.807) is 0 Å². The minimum absolute atomic E-state index is 0. The molecule has 0 saturated carbocycles. The highest BCUT2D eigenvalue weighted by molar-refractivity contribution is 14.0. The lowest BCUT2D eigenvalue weighted by molar-refractivity contribution is -0.131. The van der Waals surface area contributed by atoms with E-state index in [9.17, 15) is 4.79 Å². The smallest absolute Gasteiger partial charge is 0.223 e. The van der Waals surface area contributed by atoms with E-state index in [0.717, 1.165) is 38.6 Å². The van der Waals surface area contributed by atoms with Gasteiger partial charge in [-0.2, -0.15) is 0 Å². The number of hydrogen-bond donors (Lipinski definition) is 2. The molecule has 0 fully saturated rings. The molecular formula is C24H33IN4O. The predicted octanol–water partition coefficient (Wildman–Crippen LogP) is 4.30. The fourth-order valence-electron chi connectivity index (χ4n) is 3.64. The third kappa shape index (κ3) is 6.72. The second-order valence-corrected chi connectivity index (χ2v) is 7.67. The van der Waals surface area contributed by atoms with Crippen LogP contribution in [-0.2, 0) is 24.4 Å². The Hall–Kier alpha value is -2.09. The summed E-state index contributed by atoms with van der Waals surface area (Å²) in [6, 6.07) is 14.8. The molecule has 3 rings (SSSR count). The van der Waals surface area contributed by atoms with Gasteiger partial charge in [0, 0.05) is 32.6 Å². The van der Waals surface area contributed by atoms with Crippen LogP contribution in [0.2, 0.25) is 0 Å². The number of nitrogens with one attached hydrogen (secondary N) is 2. The third-order valence-electron chi connectivity index (χ3n) is 5.30. The molecular weight excluding hydrogens is 487 g/mol. The van der Waals surface area contributed by atoms with Gasteiger partial charge in [0.15, 0.2) is 5.96 Å². The lowest BCUT2D eigenvalue weighted by Gasteiger charge is -2.16. The van der Waals surface area contributed by atoms with E-state index in [4.69, 9.17) is 4.99 Å². The van der Waals surface area contributed by atoms with Crippen molar-refractivity contribution < 1.29 is 4.79 Å². The number of aryl methyl sites for hydroxylation is 2. The van der Waals surface area contributed by atoms with E-state index in [1.807, 2.05) is 17.0 Å². The van der Waals surface area contributed by atoms with Gasteiger partial charge in [-0.15, -0.1) is 24.0 Å². The lowest BCUT2D eigenvalue weighted by atomic mass is 10.1. The number of hydrogen-bond acceptors (Lipinski definition) is 2. The van der Waals surface area contributed by atoms with E-state index < -0.39 is 0 Å². The van der Waals surface area contributed by atoms with Gasteiger partial charge in [0.1, 0.15) is 0 Å². The average Bonchev–Trinajstić information content (AvgIpc) is 3.14. The molecule has 0 unspecified atom stereocenters. The first-order valence-corrected chi connectivity index (χ1v) is 10.5. The first kappa shape index (κ1) is 24.2. The Labute approximate surface area is 197 Å². The first-order chi connectivity index (χ1) is 14.1. The van der Waals surface area contributed by atoms with E-state index >= 15 is 0 Å². The fourth-order valence-corrected chi connectivity index (χ4v) is 3.64. The molecule has 0 saturated heterocycles. The molecule has 162 valence electrons. The van der Waals surface area contributed by atoms with Crippen molar-refractivity contribution in [2.75, 3.05) is 13.1 Å². The molecule has 1 heterocycles. The number of halogens is 1. The molecule has 2 aromatic rings. The highest BCUT2D eigenvalue weighted by Gasteiger charge is 2.22. The summed E-state index contributed by atoms with van der Waals surface area (Å²) in [5.74, 6) is 1.02. The van der Waals surface area contributed by atoms with E-state index in [0.29, 0.717) is 13.0 Å². The topological polar surface area (TPSA) is 56.7 Å². The molecule has 1 amide bonds. The van der Waals surface area contributed by atoms with Crippen LogP contribution < -0.4 is 10.6 Å². The van der Waals surface area contributed by atoms with Crippen molar-refractivity contribution in [3.05, 3.63) is 70.3 Å². The number of rotatable bonds is 7. The number of carbonyl (C=O) groups excluding carboxylic acids is 1. The molecule has 0 aromatic heterocycles. The Morgan fingerprint density at radius 1 is 1.07 bits per heavy atom. The minimum atomic E-state index is 0. The monoisotopic (exact) mass is 520 g/mol. The van der Waals surface area contributed by atoms with Crippen molar-refractivity contribution >= 4 is 35.8 Å². The van der Waals surface area contributed by atoms with Crippen LogP contribution in [0.4, 0.5) is 0 Å². The number of carbonyl (C=O) groups is 1. The summed E-state index contributed by atoms with van der Waals surface area (Å²) in [6.45, 7) is 9.95. The van der Waals surface area contributed by atoms with Gasteiger partial charge in [-0.25, -0.2) is 4.99 Å². The third-order valence-corrected chi connectivity index (χ3v) is 5.30. The first-order valence-electron chi connectivity index (χ1n) is 10.5. The van der Waals surface area contributed by atoms with Crippen LogP contribution in [0, 0.1) is 13.8 Å². The van der Waals surface area contributed by atoms with Crippen LogP contribution in [0.15, 0.2) is 47.5 Å². The maximum absolute atomic E-state index is 12.5. The summed E-state index contributed by atoms with van der Waals surface area (Å²) in [5, 5.41) is 6.64. The molecule has 1 aliphatic rings. The van der Waals surface area contributed by atoms with Crippen molar-refractivity contribution in [2.24, 2.45) is 4.99 Å². The summed E-state index contributed by atoms with van der Waals surface area (Å²) < 4.78 is 0. The fraction of sp³-hybridized carbons (Fsp3) is 0.417. The van der Waals surface area contributed by atoms with Crippen LogP contribution in [0.1, 0.15) is 47.6 Å². The average molecular weight is 520 g/mol. The van der Waals surface area contributed by atoms with Gasteiger partial charge in [0.25, 0.3) is 0 Å². The molecule has 0 bridgehead atoms. The van der Waals surface area contributed by atoms with Crippen molar-refractivity contribution in [1.82, 2.24) is 15.5 Å². The van der Waals surface area contributed by atoms with Crippen molar-refractivity contribution in [3.8, 4) is 0 Å². The van der Waals surface area contributed by atoms with Gasteiger partial charge in [-0.05, 0) is 49.4 Å². The minimum Gasteiger partial charge on any atom is -0.357 e. The molecule has 0 atom stereocenters. The standard InChI is InChI=1S/C24H32N4O.HI/c1-4-25-24(27-15-20-12-11-18(2)14-19(20)3)26-13-7-10-23(29)28-16-21-8-5-6-9-22(21)17-28;/h5-6,8-9,11-12,14H,4,7,10,13,15-17H2,1-3H3,(H2,25,26,27);1H. The van der Waals surface area contributed by atoms with E-state index in [2.05, 4.69) is 61.7 Å². The number of aliphatic imine (C=N–C) groups is 1. The summed E-state index contributed by atoms with van der Waals surface area (Å²) >= 11 is 0. The zero-order valence-corrected chi connectivity index (χ0v) is 20.5. The number of amides is 1. The highest BCUT2D eigenvalue weighted by Crippen LogP contribution is 2.22. The Morgan fingerprint density at radius 3 is 2.40 bits per heavy atom. The molecule has 2 aromatic carbocycles. The van der Waals surface area contributed by atoms with Crippen LogP contribution in [0.3, 0.4) is 0 Å². The SMILES string of the molecule is CCNC(=NCc1ccc(C)cc1C)NCCCC(=O)N1Cc2ccccc2C1.I. The van der Waals surface area contributed by atoms with Gasteiger partial charge >= 0.3 is 0 Å². The Morgan fingerprint density at radius 2 is 1.77 bits per heavy atom. The largest absolute Gasteiger partial charge is 0.357 e. The number of nitrogens with zero attached hydrogens (tertiary/aromatic N) is 2. The molecule has 1 aliphatic heterocycles. The second-order valence-electron chi connectivity index (χ2n) is 7.67. The summed E-state index contributed by atoms with van der Waals surface area (Å²) in [6.07, 6.45) is 1.34.